The van der Waals surface area contributed by atoms with Gasteiger partial charge in [0.1, 0.15) is 12.6 Å². The maximum atomic E-state index is 10.5. The average Bonchev–Trinajstić information content (AvgIpc) is 2.26. The summed E-state index contributed by atoms with van der Waals surface area (Å²) in [6.07, 6.45) is 2.42. The smallest absolute Gasteiger partial charge is 0.178 e. The predicted molar refractivity (Wildman–Crippen MR) is 66.4 cm³/mol. The number of nitrogens with zero attached hydrogens (tertiary/aromatic N) is 1. The summed E-state index contributed by atoms with van der Waals surface area (Å²) in [5.41, 5.74) is 7.33. The minimum absolute atomic E-state index is 0.588. The zero-order chi connectivity index (χ0) is 13.7. The van der Waals surface area contributed by atoms with Gasteiger partial charge in [-0.05, 0) is 18.9 Å². The second kappa shape index (κ2) is 6.50. The van der Waals surface area contributed by atoms with Gasteiger partial charge in [0.15, 0.2) is 11.4 Å². The molecule has 0 radical (unpaired) electrons. The molecule has 100 valence electrons. The highest BCUT2D eigenvalue weighted by Crippen LogP contribution is 2.04. The van der Waals surface area contributed by atoms with Crippen molar-refractivity contribution >= 4 is 5.97 Å². The van der Waals surface area contributed by atoms with Crippen LogP contribution < -0.4 is 15.4 Å². The molecule has 3 N–H and O–H groups in total. The molecule has 0 spiro atoms. The number of carboxylic acids is 1. The number of quaternary nitrogens is 1. The Hall–Kier alpha value is -1.42. The molecule has 0 aliphatic rings. The Morgan fingerprint density at radius 3 is 2.33 bits per heavy atom. The minimum Gasteiger partial charge on any atom is -0.544 e. The van der Waals surface area contributed by atoms with Gasteiger partial charge in [-0.1, -0.05) is 0 Å². The fraction of sp³-hybridized carbons (Fsp3) is 0.571. The van der Waals surface area contributed by atoms with Crippen LogP contribution in [-0.4, -0.2) is 12.0 Å². The van der Waals surface area contributed by atoms with E-state index in [-0.39, 0.29) is 0 Å². The molecule has 0 aliphatic heterocycles. The number of rotatable bonds is 6. The van der Waals surface area contributed by atoms with Gasteiger partial charge in [-0.3, -0.25) is 0 Å². The van der Waals surface area contributed by atoms with E-state index in [0.717, 1.165) is 19.4 Å². The van der Waals surface area contributed by atoms with Crippen molar-refractivity contribution in [2.75, 3.05) is 0 Å². The highest BCUT2D eigenvalue weighted by atomic mass is 16.4. The first-order chi connectivity index (χ1) is 8.41. The van der Waals surface area contributed by atoms with Crippen LogP contribution in [0.2, 0.25) is 0 Å². The molecular weight excluding hydrogens is 228 g/mol. The van der Waals surface area contributed by atoms with Crippen molar-refractivity contribution in [3.05, 3.63) is 29.1 Å². The van der Waals surface area contributed by atoms with E-state index in [0.29, 0.717) is 6.42 Å². The maximum Gasteiger partial charge on any atom is 0.178 e. The molecule has 0 bridgehead atoms. The van der Waals surface area contributed by atoms with Gasteiger partial charge in [0, 0.05) is 38.8 Å². The van der Waals surface area contributed by atoms with E-state index in [9.17, 15) is 9.90 Å². The fourth-order valence-corrected chi connectivity index (χ4v) is 2.27. The standard InChI is InChI=1S/C14H22N2O2/c1-10-8-11(2)16(12(3)9-10)7-5-4-6-13(15)14(17)18/h8-9,13H,4-7,15H2,1-3H3/p+1. The van der Waals surface area contributed by atoms with Crippen LogP contribution in [0.15, 0.2) is 12.1 Å². The summed E-state index contributed by atoms with van der Waals surface area (Å²) in [5.74, 6) is -1.05. The maximum absolute atomic E-state index is 10.5. The monoisotopic (exact) mass is 251 g/mol. The summed E-state index contributed by atoms with van der Waals surface area (Å²) in [5, 5.41) is 10.5. The van der Waals surface area contributed by atoms with Crippen LogP contribution in [0.1, 0.15) is 36.2 Å². The summed E-state index contributed by atoms with van der Waals surface area (Å²) >= 11 is 0. The van der Waals surface area contributed by atoms with Crippen LogP contribution >= 0.6 is 0 Å². The first-order valence-electron chi connectivity index (χ1n) is 6.43. The van der Waals surface area contributed by atoms with Crippen LogP contribution in [0.5, 0.6) is 0 Å². The van der Waals surface area contributed by atoms with Gasteiger partial charge in [0.25, 0.3) is 0 Å². The second-order valence-corrected chi connectivity index (χ2v) is 4.98. The van der Waals surface area contributed by atoms with Gasteiger partial charge in [-0.15, -0.1) is 0 Å². The Kier molecular flexibility index (Phi) is 5.28. The third-order valence-corrected chi connectivity index (χ3v) is 3.24. The Bertz CT molecular complexity index is 407. The van der Waals surface area contributed by atoms with Crippen molar-refractivity contribution in [1.82, 2.24) is 0 Å². The molecule has 1 heterocycles. The van der Waals surface area contributed by atoms with E-state index in [1.807, 2.05) is 0 Å². The molecule has 0 aromatic carbocycles. The molecule has 1 aromatic rings. The van der Waals surface area contributed by atoms with E-state index in [1.54, 1.807) is 0 Å². The molecule has 18 heavy (non-hydrogen) atoms. The molecule has 0 amide bonds. The molecule has 1 aromatic heterocycles. The number of unbranched alkanes of at least 4 members (excludes halogenated alkanes) is 1. The van der Waals surface area contributed by atoms with Gasteiger partial charge < -0.3 is 15.6 Å². The number of aromatic nitrogens is 1. The number of carbonyl (C=O) groups is 1. The molecule has 4 heteroatoms. The normalized spacial score (nSPS) is 12.4. The quantitative estimate of drug-likeness (QED) is 0.543. The van der Waals surface area contributed by atoms with Crippen LogP contribution in [0.4, 0.5) is 0 Å². The first kappa shape index (κ1) is 14.6. The molecule has 0 aliphatic carbocycles. The zero-order valence-electron chi connectivity index (χ0n) is 11.5. The highest BCUT2D eigenvalue weighted by molar-refractivity contribution is 5.68. The van der Waals surface area contributed by atoms with E-state index in [1.165, 1.54) is 17.0 Å². The van der Waals surface area contributed by atoms with Gasteiger partial charge in [-0.2, -0.15) is 0 Å². The summed E-state index contributed by atoms with van der Waals surface area (Å²) in [4.78, 5) is 10.5. The summed E-state index contributed by atoms with van der Waals surface area (Å²) in [7, 11) is 0. The van der Waals surface area contributed by atoms with E-state index < -0.39 is 12.0 Å². The van der Waals surface area contributed by atoms with Crippen molar-refractivity contribution in [3.63, 3.8) is 0 Å². The van der Waals surface area contributed by atoms with E-state index in [2.05, 4.69) is 43.2 Å². The Morgan fingerprint density at radius 2 is 1.83 bits per heavy atom. The van der Waals surface area contributed by atoms with Crippen molar-refractivity contribution in [2.24, 2.45) is 0 Å². The van der Waals surface area contributed by atoms with Gasteiger partial charge in [-0.25, -0.2) is 4.57 Å². The molecule has 1 rings (SSSR count). The van der Waals surface area contributed by atoms with E-state index in [4.69, 9.17) is 0 Å². The van der Waals surface area contributed by atoms with E-state index >= 15 is 0 Å². The van der Waals surface area contributed by atoms with Crippen LogP contribution in [-0.2, 0) is 11.3 Å². The van der Waals surface area contributed by atoms with Crippen molar-refractivity contribution in [1.29, 1.82) is 0 Å². The van der Waals surface area contributed by atoms with Crippen molar-refractivity contribution < 1.29 is 20.2 Å². The Morgan fingerprint density at radius 1 is 1.28 bits per heavy atom. The van der Waals surface area contributed by atoms with Crippen LogP contribution in [0.25, 0.3) is 0 Å². The minimum atomic E-state index is -1.05. The molecule has 4 nitrogen and oxygen atoms in total. The van der Waals surface area contributed by atoms with Crippen molar-refractivity contribution in [3.8, 4) is 0 Å². The molecule has 0 saturated carbocycles. The van der Waals surface area contributed by atoms with Gasteiger partial charge >= 0.3 is 0 Å². The SMILES string of the molecule is Cc1cc(C)[n+](CCCCC([NH3+])C(=O)[O-])c(C)c1. The number of carboxylic acid groups (broad SMARTS) is 1. The zero-order valence-corrected chi connectivity index (χ0v) is 11.5. The number of carbonyl (C=O) groups excluding carboxylic acids is 1. The third kappa shape index (κ3) is 4.11. The lowest BCUT2D eigenvalue weighted by atomic mass is 10.1. The number of pyridine rings is 1. The largest absolute Gasteiger partial charge is 0.544 e. The Balaban J connectivity index is 2.47. The third-order valence-electron chi connectivity index (χ3n) is 3.24. The van der Waals surface area contributed by atoms with Crippen LogP contribution in [0, 0.1) is 20.8 Å². The molecule has 0 saturated heterocycles. The van der Waals surface area contributed by atoms with Gasteiger partial charge in [0.2, 0.25) is 0 Å². The number of aryl methyl sites for hydroxylation is 3. The molecule has 1 atom stereocenters. The summed E-state index contributed by atoms with van der Waals surface area (Å²) in [6, 6.07) is 3.74. The number of aliphatic carboxylic acids is 1. The lowest BCUT2D eigenvalue weighted by Gasteiger charge is -2.09. The summed E-state index contributed by atoms with van der Waals surface area (Å²) in [6.45, 7) is 7.23. The van der Waals surface area contributed by atoms with Gasteiger partial charge in [0.05, 0.1) is 5.97 Å². The number of hydrogen-bond donors (Lipinski definition) is 1. The highest BCUT2D eigenvalue weighted by Gasteiger charge is 2.12. The average molecular weight is 251 g/mol. The predicted octanol–water partition coefficient (Wildman–Crippen LogP) is -0.570. The number of hydrogen-bond acceptors (Lipinski definition) is 2. The van der Waals surface area contributed by atoms with Crippen molar-refractivity contribution in [2.45, 2.75) is 52.6 Å². The second-order valence-electron chi connectivity index (χ2n) is 4.98. The fourth-order valence-electron chi connectivity index (χ4n) is 2.27. The first-order valence-corrected chi connectivity index (χ1v) is 6.43. The molecule has 0 fully saturated rings. The lowest BCUT2D eigenvalue weighted by molar-refractivity contribution is -0.709. The topological polar surface area (TPSA) is 71.7 Å². The molecule has 1 unspecified atom stereocenters. The molecular formula is C14H23N2O2+. The van der Waals surface area contributed by atoms with Crippen LogP contribution in [0.3, 0.4) is 0 Å². The summed E-state index contributed by atoms with van der Waals surface area (Å²) < 4.78 is 2.27. The lowest BCUT2D eigenvalue weighted by Crippen LogP contribution is -2.68. The Labute approximate surface area is 108 Å².